The van der Waals surface area contributed by atoms with Crippen molar-refractivity contribution in [3.8, 4) is 0 Å². The summed E-state index contributed by atoms with van der Waals surface area (Å²) in [6, 6.07) is 12.5. The van der Waals surface area contributed by atoms with Gasteiger partial charge in [-0.15, -0.1) is 0 Å². The molecular formula is C15H13N3S. The van der Waals surface area contributed by atoms with Crippen molar-refractivity contribution >= 4 is 27.4 Å². The van der Waals surface area contributed by atoms with Gasteiger partial charge in [-0.2, -0.15) is 0 Å². The number of nitrogens with one attached hydrogen (secondary N) is 1. The Bertz CT molecular complexity index is 702. The lowest BCUT2D eigenvalue weighted by Gasteiger charge is -2.25. The monoisotopic (exact) mass is 267 g/mol. The Hall–Kier alpha value is -1.94. The number of anilines is 1. The average Bonchev–Trinajstić information content (AvgIpc) is 2.90. The number of aromatic nitrogens is 2. The fourth-order valence-electron chi connectivity index (χ4n) is 2.66. The molecule has 0 bridgehead atoms. The second kappa shape index (κ2) is 4.31. The molecule has 4 rings (SSSR count). The molecule has 1 unspecified atom stereocenters. The van der Waals surface area contributed by atoms with Crippen LogP contribution in [0.5, 0.6) is 0 Å². The number of fused-ring (bicyclic) bond motifs is 2. The fourth-order valence-corrected chi connectivity index (χ4v) is 3.72. The van der Waals surface area contributed by atoms with E-state index in [-0.39, 0.29) is 0 Å². The molecule has 1 aromatic carbocycles. The first-order valence-corrected chi connectivity index (χ1v) is 7.28. The molecule has 1 aliphatic rings. The molecule has 0 amide bonds. The van der Waals surface area contributed by atoms with Gasteiger partial charge in [-0.25, -0.2) is 9.97 Å². The van der Waals surface area contributed by atoms with Gasteiger partial charge in [0.2, 0.25) is 0 Å². The summed E-state index contributed by atoms with van der Waals surface area (Å²) in [4.78, 5) is 10.2. The zero-order valence-corrected chi connectivity index (χ0v) is 11.2. The van der Waals surface area contributed by atoms with Crippen molar-refractivity contribution in [2.24, 2.45) is 0 Å². The Kier molecular flexibility index (Phi) is 2.48. The Labute approximate surface area is 115 Å². The van der Waals surface area contributed by atoms with Crippen LogP contribution in [0.15, 0.2) is 42.6 Å². The van der Waals surface area contributed by atoms with E-state index in [0.717, 1.165) is 23.3 Å². The van der Waals surface area contributed by atoms with Crippen LogP contribution in [0, 0.1) is 0 Å². The van der Waals surface area contributed by atoms with Crippen molar-refractivity contribution < 1.29 is 0 Å². The summed E-state index contributed by atoms with van der Waals surface area (Å²) in [6.07, 6.45) is 2.93. The Morgan fingerprint density at radius 1 is 1.16 bits per heavy atom. The van der Waals surface area contributed by atoms with Gasteiger partial charge in [-0.3, -0.25) is 0 Å². The number of hydrogen-bond acceptors (Lipinski definition) is 4. The molecular weight excluding hydrogens is 254 g/mol. The number of nitrogens with zero attached hydrogens (tertiary/aromatic N) is 2. The molecule has 3 aromatic rings. The largest absolute Gasteiger partial charge is 0.385 e. The summed E-state index contributed by atoms with van der Waals surface area (Å²) in [5.74, 6) is 0.400. The van der Waals surface area contributed by atoms with E-state index in [1.807, 2.05) is 18.3 Å². The van der Waals surface area contributed by atoms with E-state index in [2.05, 4.69) is 34.6 Å². The lowest BCUT2D eigenvalue weighted by Crippen LogP contribution is -2.17. The molecule has 0 spiro atoms. The Morgan fingerprint density at radius 3 is 3.05 bits per heavy atom. The highest BCUT2D eigenvalue weighted by Gasteiger charge is 2.24. The smallest absolute Gasteiger partial charge is 0.143 e. The third-order valence-electron chi connectivity index (χ3n) is 3.57. The number of hydrogen-bond donors (Lipinski definition) is 1. The first-order chi connectivity index (χ1) is 9.42. The molecule has 1 atom stereocenters. The third-order valence-corrected chi connectivity index (χ3v) is 4.66. The third kappa shape index (κ3) is 1.79. The molecule has 3 nitrogen and oxygen atoms in total. The zero-order valence-electron chi connectivity index (χ0n) is 10.3. The van der Waals surface area contributed by atoms with Crippen LogP contribution in [-0.4, -0.2) is 16.5 Å². The maximum absolute atomic E-state index is 4.76. The van der Waals surface area contributed by atoms with E-state index >= 15 is 0 Å². The summed E-state index contributed by atoms with van der Waals surface area (Å²) < 4.78 is 0. The maximum Gasteiger partial charge on any atom is 0.143 e. The molecule has 0 saturated carbocycles. The Balaban J connectivity index is 1.85. The minimum Gasteiger partial charge on any atom is -0.385 e. The SMILES string of the molecule is c1ccc2c(c1)NCCC2c1nc2cccnc2s1. The predicted octanol–water partition coefficient (Wildman–Crippen LogP) is 3.64. The van der Waals surface area contributed by atoms with Crippen molar-refractivity contribution in [3.63, 3.8) is 0 Å². The van der Waals surface area contributed by atoms with Crippen LogP contribution in [0.2, 0.25) is 0 Å². The topological polar surface area (TPSA) is 37.8 Å². The minimum atomic E-state index is 0.400. The van der Waals surface area contributed by atoms with Gasteiger partial charge < -0.3 is 5.32 Å². The van der Waals surface area contributed by atoms with E-state index in [1.54, 1.807) is 11.3 Å². The lowest BCUT2D eigenvalue weighted by atomic mass is 9.91. The molecule has 94 valence electrons. The van der Waals surface area contributed by atoms with Gasteiger partial charge in [0.25, 0.3) is 0 Å². The summed E-state index contributed by atoms with van der Waals surface area (Å²) >= 11 is 1.72. The standard InChI is InChI=1S/C15H13N3S/c1-2-5-12-10(4-1)11(7-9-16-12)14-18-13-6-3-8-17-15(13)19-14/h1-6,8,11,16H,7,9H2. The van der Waals surface area contributed by atoms with Crippen molar-refractivity contribution in [3.05, 3.63) is 53.2 Å². The van der Waals surface area contributed by atoms with Crippen LogP contribution in [0.25, 0.3) is 10.3 Å². The van der Waals surface area contributed by atoms with Crippen LogP contribution in [0.1, 0.15) is 22.9 Å². The van der Waals surface area contributed by atoms with Crippen LogP contribution in [-0.2, 0) is 0 Å². The molecule has 0 radical (unpaired) electrons. The highest BCUT2D eigenvalue weighted by atomic mass is 32.1. The van der Waals surface area contributed by atoms with Crippen LogP contribution in [0.4, 0.5) is 5.69 Å². The molecule has 0 aliphatic carbocycles. The van der Waals surface area contributed by atoms with E-state index < -0.39 is 0 Å². The molecule has 1 N–H and O–H groups in total. The van der Waals surface area contributed by atoms with Crippen molar-refractivity contribution in [2.75, 3.05) is 11.9 Å². The normalized spacial score (nSPS) is 18.0. The predicted molar refractivity (Wildman–Crippen MR) is 78.8 cm³/mol. The van der Waals surface area contributed by atoms with Crippen LogP contribution >= 0.6 is 11.3 Å². The second-order valence-corrected chi connectivity index (χ2v) is 5.74. The number of thiazole rings is 1. The molecule has 3 heterocycles. The Morgan fingerprint density at radius 2 is 2.11 bits per heavy atom. The molecule has 0 fully saturated rings. The number of rotatable bonds is 1. The lowest BCUT2D eigenvalue weighted by molar-refractivity contribution is 0.716. The minimum absolute atomic E-state index is 0.400. The van der Waals surface area contributed by atoms with E-state index in [9.17, 15) is 0 Å². The van der Waals surface area contributed by atoms with Gasteiger partial charge in [-0.05, 0) is 30.2 Å². The fraction of sp³-hybridized carbons (Fsp3) is 0.200. The molecule has 4 heteroatoms. The first kappa shape index (κ1) is 10.9. The quantitative estimate of drug-likeness (QED) is 0.731. The van der Waals surface area contributed by atoms with Crippen molar-refractivity contribution in [1.82, 2.24) is 9.97 Å². The number of benzene rings is 1. The van der Waals surface area contributed by atoms with Gasteiger partial charge >= 0.3 is 0 Å². The highest BCUT2D eigenvalue weighted by Crippen LogP contribution is 2.38. The first-order valence-electron chi connectivity index (χ1n) is 6.46. The number of para-hydroxylation sites is 1. The highest BCUT2D eigenvalue weighted by molar-refractivity contribution is 7.18. The molecule has 19 heavy (non-hydrogen) atoms. The van der Waals surface area contributed by atoms with Crippen molar-refractivity contribution in [2.45, 2.75) is 12.3 Å². The van der Waals surface area contributed by atoms with Crippen LogP contribution in [0.3, 0.4) is 0 Å². The maximum atomic E-state index is 4.76. The van der Waals surface area contributed by atoms with E-state index in [0.29, 0.717) is 5.92 Å². The zero-order chi connectivity index (χ0) is 12.7. The second-order valence-electron chi connectivity index (χ2n) is 4.74. The van der Waals surface area contributed by atoms with Gasteiger partial charge in [0.1, 0.15) is 15.4 Å². The molecule has 0 saturated heterocycles. The average molecular weight is 267 g/mol. The van der Waals surface area contributed by atoms with Crippen molar-refractivity contribution in [1.29, 1.82) is 0 Å². The van der Waals surface area contributed by atoms with E-state index in [1.165, 1.54) is 16.3 Å². The summed E-state index contributed by atoms with van der Waals surface area (Å²) in [7, 11) is 0. The van der Waals surface area contributed by atoms with E-state index in [4.69, 9.17) is 4.98 Å². The van der Waals surface area contributed by atoms with Gasteiger partial charge in [0.15, 0.2) is 0 Å². The van der Waals surface area contributed by atoms with Gasteiger partial charge in [0.05, 0.1) is 0 Å². The molecule has 1 aliphatic heterocycles. The van der Waals surface area contributed by atoms with Crippen LogP contribution < -0.4 is 5.32 Å². The molecule has 2 aromatic heterocycles. The van der Waals surface area contributed by atoms with Gasteiger partial charge in [-0.1, -0.05) is 29.5 Å². The summed E-state index contributed by atoms with van der Waals surface area (Å²) in [6.45, 7) is 1.00. The summed E-state index contributed by atoms with van der Waals surface area (Å²) in [5, 5.41) is 4.64. The van der Waals surface area contributed by atoms with Gasteiger partial charge in [0, 0.05) is 24.3 Å². The number of pyridine rings is 1. The summed E-state index contributed by atoms with van der Waals surface area (Å²) in [5.41, 5.74) is 3.61.